The van der Waals surface area contributed by atoms with Gasteiger partial charge in [-0.3, -0.25) is 9.69 Å². The van der Waals surface area contributed by atoms with Crippen LogP contribution < -0.4 is 0 Å². The first-order valence-corrected chi connectivity index (χ1v) is 10.3. The molecule has 1 spiro atoms. The molecule has 5 rings (SSSR count). The maximum absolute atomic E-state index is 12.8. The van der Waals surface area contributed by atoms with Crippen molar-refractivity contribution in [3.05, 3.63) is 36.0 Å². The Morgan fingerprint density at radius 3 is 2.93 bits per heavy atom. The summed E-state index contributed by atoms with van der Waals surface area (Å²) in [5, 5.41) is 1.30. The van der Waals surface area contributed by atoms with Crippen LogP contribution in [-0.4, -0.2) is 51.2 Å². The van der Waals surface area contributed by atoms with E-state index >= 15 is 0 Å². The maximum atomic E-state index is 12.8. The summed E-state index contributed by atoms with van der Waals surface area (Å²) in [7, 11) is 0. The Bertz CT molecular complexity index is 889. The second kappa shape index (κ2) is 6.08. The molecule has 2 aromatic rings. The number of carbonyl (C=O) groups excluding carboxylic acids is 1. The van der Waals surface area contributed by atoms with Gasteiger partial charge >= 0.3 is 0 Å². The molecule has 0 unspecified atom stereocenters. The molecular weight excluding hydrogens is 338 g/mol. The lowest BCUT2D eigenvalue weighted by atomic mass is 10.0. The summed E-state index contributed by atoms with van der Waals surface area (Å²) >= 11 is 0. The van der Waals surface area contributed by atoms with Crippen LogP contribution in [0.15, 0.2) is 30.5 Å². The van der Waals surface area contributed by atoms with Crippen molar-refractivity contribution >= 4 is 16.8 Å². The highest BCUT2D eigenvalue weighted by Gasteiger charge is 2.64. The summed E-state index contributed by atoms with van der Waals surface area (Å²) in [6.45, 7) is 10.1. The van der Waals surface area contributed by atoms with Crippen LogP contribution in [0.4, 0.5) is 0 Å². The molecule has 0 N–H and O–H groups in total. The van der Waals surface area contributed by atoms with Crippen molar-refractivity contribution in [3.8, 4) is 0 Å². The fraction of sp³-hybridized carbons (Fsp3) is 0.591. The lowest BCUT2D eigenvalue weighted by molar-refractivity contribution is -0.139. The van der Waals surface area contributed by atoms with Crippen LogP contribution in [0.3, 0.4) is 0 Å². The van der Waals surface area contributed by atoms with Crippen molar-refractivity contribution in [2.24, 2.45) is 5.92 Å². The number of aryl methyl sites for hydroxylation is 1. The summed E-state index contributed by atoms with van der Waals surface area (Å²) in [6, 6.07) is 9.38. The van der Waals surface area contributed by atoms with Gasteiger partial charge in [-0.1, -0.05) is 19.9 Å². The smallest absolute Gasteiger partial charge is 0.226 e. The van der Waals surface area contributed by atoms with Crippen molar-refractivity contribution in [2.45, 2.75) is 64.5 Å². The number of carbonyl (C=O) groups is 1. The van der Waals surface area contributed by atoms with E-state index in [9.17, 15) is 4.79 Å². The van der Waals surface area contributed by atoms with Crippen LogP contribution in [0.25, 0.3) is 10.9 Å². The minimum absolute atomic E-state index is 0.185. The van der Waals surface area contributed by atoms with E-state index in [1.807, 2.05) is 0 Å². The summed E-state index contributed by atoms with van der Waals surface area (Å²) in [6.07, 6.45) is 3.68. The maximum Gasteiger partial charge on any atom is 0.226 e. The number of rotatable bonds is 4. The molecule has 27 heavy (non-hydrogen) atoms. The second-order valence-electron chi connectivity index (χ2n) is 8.67. The SMILES string of the molecule is CCn1ccc2cc(CN3CC[C@@]45OC[C@@H](C(C)C)N4C(=O)C[C@@H]35)ccc21. The van der Waals surface area contributed by atoms with E-state index in [1.165, 1.54) is 16.5 Å². The predicted molar refractivity (Wildman–Crippen MR) is 105 cm³/mol. The third-order valence-corrected chi connectivity index (χ3v) is 6.93. The molecule has 0 aliphatic carbocycles. The van der Waals surface area contributed by atoms with Gasteiger partial charge in [-0.05, 0) is 42.0 Å². The number of likely N-dealkylation sites (tertiary alicyclic amines) is 1. The molecule has 3 fully saturated rings. The minimum atomic E-state index is -0.373. The highest BCUT2D eigenvalue weighted by Crippen LogP contribution is 2.49. The largest absolute Gasteiger partial charge is 0.352 e. The van der Waals surface area contributed by atoms with Crippen LogP contribution in [0.5, 0.6) is 0 Å². The van der Waals surface area contributed by atoms with E-state index in [4.69, 9.17) is 4.74 Å². The van der Waals surface area contributed by atoms with E-state index in [-0.39, 0.29) is 23.7 Å². The van der Waals surface area contributed by atoms with Gasteiger partial charge in [-0.2, -0.15) is 0 Å². The molecule has 5 nitrogen and oxygen atoms in total. The average molecular weight is 367 g/mol. The number of amides is 1. The standard InChI is InChI=1S/C22H29N3O2/c1-4-23-9-7-17-11-16(5-6-18(17)23)13-24-10-8-22-20(24)12-21(26)25(22)19(14-27-22)15(2)3/h5-7,9,11,15,19-20H,4,8,10,12-14H2,1-3H3/t19-,20+,22-/m0/s1. The molecule has 1 aromatic carbocycles. The third kappa shape index (κ3) is 2.41. The van der Waals surface area contributed by atoms with E-state index in [0.29, 0.717) is 18.9 Å². The molecule has 1 aromatic heterocycles. The number of ether oxygens (including phenoxy) is 1. The van der Waals surface area contributed by atoms with Crippen molar-refractivity contribution < 1.29 is 9.53 Å². The molecule has 3 saturated heterocycles. The number of hydrogen-bond donors (Lipinski definition) is 0. The topological polar surface area (TPSA) is 37.7 Å². The minimum Gasteiger partial charge on any atom is -0.352 e. The van der Waals surface area contributed by atoms with Gasteiger partial charge in [0, 0.05) is 44.2 Å². The average Bonchev–Trinajstić information content (AvgIpc) is 3.36. The summed E-state index contributed by atoms with van der Waals surface area (Å²) < 4.78 is 8.62. The zero-order valence-electron chi connectivity index (χ0n) is 16.5. The molecule has 3 aliphatic heterocycles. The fourth-order valence-corrected chi connectivity index (χ4v) is 5.50. The lowest BCUT2D eigenvalue weighted by Gasteiger charge is -2.34. The van der Waals surface area contributed by atoms with Crippen molar-refractivity contribution in [1.82, 2.24) is 14.4 Å². The highest BCUT2D eigenvalue weighted by atomic mass is 16.5. The van der Waals surface area contributed by atoms with Gasteiger partial charge < -0.3 is 14.2 Å². The quantitative estimate of drug-likeness (QED) is 0.833. The van der Waals surface area contributed by atoms with Gasteiger partial charge in [0.05, 0.1) is 18.7 Å². The Labute approximate surface area is 160 Å². The number of hydrogen-bond acceptors (Lipinski definition) is 3. The van der Waals surface area contributed by atoms with E-state index < -0.39 is 0 Å². The Balaban J connectivity index is 1.40. The Morgan fingerprint density at radius 1 is 1.30 bits per heavy atom. The van der Waals surface area contributed by atoms with Gasteiger partial charge in [0.25, 0.3) is 0 Å². The van der Waals surface area contributed by atoms with Gasteiger partial charge in [-0.15, -0.1) is 0 Å². The molecule has 0 saturated carbocycles. The fourth-order valence-electron chi connectivity index (χ4n) is 5.50. The molecule has 4 heterocycles. The van der Waals surface area contributed by atoms with Crippen LogP contribution in [-0.2, 0) is 22.6 Å². The summed E-state index contributed by atoms with van der Waals surface area (Å²) in [5.41, 5.74) is 2.24. The number of aromatic nitrogens is 1. The molecular formula is C22H29N3O2. The van der Waals surface area contributed by atoms with Gasteiger partial charge in [0.2, 0.25) is 5.91 Å². The Hall–Kier alpha value is -1.85. The van der Waals surface area contributed by atoms with Crippen molar-refractivity contribution in [3.63, 3.8) is 0 Å². The number of fused-ring (bicyclic) bond motifs is 1. The predicted octanol–water partition coefficient (Wildman–Crippen LogP) is 3.22. The number of benzene rings is 1. The van der Waals surface area contributed by atoms with E-state index in [0.717, 1.165) is 26.1 Å². The van der Waals surface area contributed by atoms with Gasteiger partial charge in [0.15, 0.2) is 5.72 Å². The zero-order chi connectivity index (χ0) is 18.8. The normalized spacial score (nSPS) is 30.7. The molecule has 5 heteroatoms. The first-order chi connectivity index (χ1) is 13.0. The lowest BCUT2D eigenvalue weighted by Crippen LogP contribution is -2.50. The molecule has 1 amide bonds. The first-order valence-electron chi connectivity index (χ1n) is 10.3. The van der Waals surface area contributed by atoms with Crippen LogP contribution >= 0.6 is 0 Å². The van der Waals surface area contributed by atoms with Crippen LogP contribution in [0.1, 0.15) is 39.2 Å². The van der Waals surface area contributed by atoms with Gasteiger partial charge in [0.1, 0.15) is 0 Å². The molecule has 144 valence electrons. The summed E-state index contributed by atoms with van der Waals surface area (Å²) in [4.78, 5) is 17.4. The van der Waals surface area contributed by atoms with Crippen LogP contribution in [0.2, 0.25) is 0 Å². The Morgan fingerprint density at radius 2 is 2.15 bits per heavy atom. The highest BCUT2D eigenvalue weighted by molar-refractivity contribution is 5.82. The molecule has 3 aliphatic rings. The van der Waals surface area contributed by atoms with Crippen molar-refractivity contribution in [2.75, 3.05) is 13.2 Å². The van der Waals surface area contributed by atoms with Crippen molar-refractivity contribution in [1.29, 1.82) is 0 Å². The van der Waals surface area contributed by atoms with E-state index in [2.05, 4.69) is 65.6 Å². The second-order valence-corrected chi connectivity index (χ2v) is 8.67. The first kappa shape index (κ1) is 17.3. The van der Waals surface area contributed by atoms with E-state index in [1.54, 1.807) is 0 Å². The summed E-state index contributed by atoms with van der Waals surface area (Å²) in [5.74, 6) is 0.711. The zero-order valence-corrected chi connectivity index (χ0v) is 16.5. The Kier molecular flexibility index (Phi) is 3.89. The van der Waals surface area contributed by atoms with Gasteiger partial charge in [-0.25, -0.2) is 0 Å². The third-order valence-electron chi connectivity index (χ3n) is 6.93. The molecule has 0 radical (unpaired) electrons. The molecule has 3 atom stereocenters. The number of nitrogens with zero attached hydrogens (tertiary/aromatic N) is 3. The molecule has 0 bridgehead atoms. The monoisotopic (exact) mass is 367 g/mol. The van der Waals surface area contributed by atoms with Crippen LogP contribution in [0, 0.1) is 5.92 Å².